The average Bonchev–Trinajstić information content (AvgIpc) is 2.69. The van der Waals surface area contributed by atoms with Gasteiger partial charge in [0.2, 0.25) is 0 Å². The first-order chi connectivity index (χ1) is 13.1. The van der Waals surface area contributed by atoms with Gasteiger partial charge in [-0.05, 0) is 48.6 Å². The first-order valence-corrected chi connectivity index (χ1v) is 9.68. The number of rotatable bonds is 5. The minimum atomic E-state index is -0.196. The number of urea groups is 1. The van der Waals surface area contributed by atoms with Crippen molar-refractivity contribution in [2.45, 2.75) is 26.7 Å². The lowest BCUT2D eigenvalue weighted by molar-refractivity contribution is 0.148. The number of aryl methyl sites for hydroxylation is 2. The minimum absolute atomic E-state index is 0.0165. The molecule has 1 fully saturated rings. The topological polar surface area (TPSA) is 35.6 Å². The second-order valence-electron chi connectivity index (χ2n) is 7.10. The maximum atomic E-state index is 13.0. The Labute approximate surface area is 161 Å². The van der Waals surface area contributed by atoms with Crippen molar-refractivity contribution in [1.82, 2.24) is 9.80 Å². The van der Waals surface area contributed by atoms with Crippen LogP contribution in [-0.2, 0) is 12.8 Å². The predicted molar refractivity (Wildman–Crippen MR) is 108 cm³/mol. The number of carbonyl (C=O) groups excluding carboxylic acids is 1. The summed E-state index contributed by atoms with van der Waals surface area (Å²) in [6, 6.07) is 12.8. The summed E-state index contributed by atoms with van der Waals surface area (Å²) in [4.78, 5) is 16.9. The fourth-order valence-corrected chi connectivity index (χ4v) is 3.50. The highest BCUT2D eigenvalue weighted by atomic mass is 19.1. The number of nitrogens with zero attached hydrogens (tertiary/aromatic N) is 2. The molecule has 0 aliphatic carbocycles. The molecule has 1 aliphatic rings. The van der Waals surface area contributed by atoms with E-state index < -0.39 is 0 Å². The third-order valence-electron chi connectivity index (χ3n) is 5.26. The molecule has 27 heavy (non-hydrogen) atoms. The van der Waals surface area contributed by atoms with Gasteiger partial charge in [-0.25, -0.2) is 9.18 Å². The Hall–Kier alpha value is -2.40. The van der Waals surface area contributed by atoms with Crippen LogP contribution < -0.4 is 5.32 Å². The molecule has 3 rings (SSSR count). The number of hydrogen-bond donors (Lipinski definition) is 1. The van der Waals surface area contributed by atoms with Gasteiger partial charge in [0.25, 0.3) is 0 Å². The van der Waals surface area contributed by atoms with Crippen LogP contribution in [0.2, 0.25) is 0 Å². The second kappa shape index (κ2) is 9.00. The van der Waals surface area contributed by atoms with Crippen molar-refractivity contribution in [3.63, 3.8) is 0 Å². The molecule has 4 nitrogen and oxygen atoms in total. The molecule has 0 bridgehead atoms. The van der Waals surface area contributed by atoms with Crippen molar-refractivity contribution in [2.24, 2.45) is 0 Å². The van der Waals surface area contributed by atoms with E-state index in [0.29, 0.717) is 0 Å². The summed E-state index contributed by atoms with van der Waals surface area (Å²) in [6.07, 6.45) is 1.80. The van der Waals surface area contributed by atoms with Gasteiger partial charge in [-0.2, -0.15) is 0 Å². The van der Waals surface area contributed by atoms with Gasteiger partial charge < -0.3 is 10.2 Å². The van der Waals surface area contributed by atoms with E-state index in [2.05, 4.69) is 23.2 Å². The maximum Gasteiger partial charge on any atom is 0.321 e. The van der Waals surface area contributed by atoms with Gasteiger partial charge in [0, 0.05) is 38.4 Å². The normalized spacial score (nSPS) is 15.0. The van der Waals surface area contributed by atoms with Crippen LogP contribution in [0.25, 0.3) is 0 Å². The van der Waals surface area contributed by atoms with E-state index in [4.69, 9.17) is 0 Å². The van der Waals surface area contributed by atoms with Crippen molar-refractivity contribution in [3.05, 3.63) is 65.0 Å². The molecule has 1 aliphatic heterocycles. The molecule has 0 saturated carbocycles. The van der Waals surface area contributed by atoms with Crippen molar-refractivity contribution < 1.29 is 9.18 Å². The van der Waals surface area contributed by atoms with Crippen LogP contribution >= 0.6 is 0 Å². The summed E-state index contributed by atoms with van der Waals surface area (Å²) in [6.45, 7) is 8.24. The van der Waals surface area contributed by atoms with E-state index in [0.717, 1.165) is 62.4 Å². The number of amides is 2. The Kier molecular flexibility index (Phi) is 6.45. The second-order valence-corrected chi connectivity index (χ2v) is 7.10. The molecule has 2 aromatic carbocycles. The van der Waals surface area contributed by atoms with Crippen LogP contribution in [0.3, 0.4) is 0 Å². The smallest absolute Gasteiger partial charge is 0.321 e. The Morgan fingerprint density at radius 3 is 2.44 bits per heavy atom. The van der Waals surface area contributed by atoms with Crippen molar-refractivity contribution in [1.29, 1.82) is 0 Å². The molecule has 0 atom stereocenters. The number of para-hydroxylation sites is 1. The molecule has 0 radical (unpaired) electrons. The Bertz CT molecular complexity index is 768. The molecule has 1 heterocycles. The lowest BCUT2D eigenvalue weighted by Crippen LogP contribution is -2.50. The molecule has 1 saturated heterocycles. The summed E-state index contributed by atoms with van der Waals surface area (Å²) in [7, 11) is 0. The molecule has 5 heteroatoms. The van der Waals surface area contributed by atoms with Crippen molar-refractivity contribution >= 4 is 11.7 Å². The first kappa shape index (κ1) is 19.4. The SMILES string of the molecule is CCc1cccc(C)c1NC(=O)N1CCN(CCc2ccc(F)cc2)CC1. The molecular weight excluding hydrogens is 341 g/mol. The number of nitrogens with one attached hydrogen (secondary N) is 1. The molecule has 0 spiro atoms. The molecule has 1 N–H and O–H groups in total. The van der Waals surface area contributed by atoms with Crippen LogP contribution in [0.1, 0.15) is 23.6 Å². The van der Waals surface area contributed by atoms with Crippen LogP contribution in [0.4, 0.5) is 14.9 Å². The van der Waals surface area contributed by atoms with Crippen molar-refractivity contribution in [3.8, 4) is 0 Å². The van der Waals surface area contributed by atoms with Crippen LogP contribution in [0.5, 0.6) is 0 Å². The quantitative estimate of drug-likeness (QED) is 0.862. The minimum Gasteiger partial charge on any atom is -0.322 e. The Morgan fingerprint density at radius 2 is 1.78 bits per heavy atom. The van der Waals surface area contributed by atoms with E-state index in [1.54, 1.807) is 0 Å². The van der Waals surface area contributed by atoms with E-state index in [-0.39, 0.29) is 11.8 Å². The van der Waals surface area contributed by atoms with Gasteiger partial charge in [-0.15, -0.1) is 0 Å². The van der Waals surface area contributed by atoms with E-state index in [9.17, 15) is 9.18 Å². The predicted octanol–water partition coefficient (Wildman–Crippen LogP) is 4.09. The Balaban J connectivity index is 1.49. The fraction of sp³-hybridized carbons (Fsp3) is 0.409. The largest absolute Gasteiger partial charge is 0.322 e. The van der Waals surface area contributed by atoms with Gasteiger partial charge in [-0.3, -0.25) is 4.90 Å². The van der Waals surface area contributed by atoms with Gasteiger partial charge in [-0.1, -0.05) is 37.3 Å². The molecule has 2 amide bonds. The van der Waals surface area contributed by atoms with E-state index in [1.165, 1.54) is 17.7 Å². The third-order valence-corrected chi connectivity index (χ3v) is 5.26. The number of hydrogen-bond acceptors (Lipinski definition) is 2. The highest BCUT2D eigenvalue weighted by Gasteiger charge is 2.21. The summed E-state index contributed by atoms with van der Waals surface area (Å²) >= 11 is 0. The molecule has 144 valence electrons. The van der Waals surface area contributed by atoms with Crippen LogP contribution in [-0.4, -0.2) is 48.6 Å². The van der Waals surface area contributed by atoms with Crippen LogP contribution in [0.15, 0.2) is 42.5 Å². The standard InChI is InChI=1S/C22H28FN3O/c1-3-19-6-4-5-17(2)21(19)24-22(27)26-15-13-25(14-16-26)12-11-18-7-9-20(23)10-8-18/h4-10H,3,11-16H2,1-2H3,(H,24,27). The number of carbonyl (C=O) groups is 1. The van der Waals surface area contributed by atoms with Crippen molar-refractivity contribution in [2.75, 3.05) is 38.0 Å². The Morgan fingerprint density at radius 1 is 1.07 bits per heavy atom. The first-order valence-electron chi connectivity index (χ1n) is 9.68. The molecule has 0 unspecified atom stereocenters. The molecule has 2 aromatic rings. The zero-order chi connectivity index (χ0) is 19.2. The average molecular weight is 369 g/mol. The van der Waals surface area contributed by atoms with Gasteiger partial charge in [0.05, 0.1) is 0 Å². The highest BCUT2D eigenvalue weighted by Crippen LogP contribution is 2.21. The lowest BCUT2D eigenvalue weighted by Gasteiger charge is -2.35. The van der Waals surface area contributed by atoms with Gasteiger partial charge in [0.1, 0.15) is 5.82 Å². The molecule has 0 aromatic heterocycles. The number of benzene rings is 2. The fourth-order valence-electron chi connectivity index (χ4n) is 3.50. The van der Waals surface area contributed by atoms with E-state index in [1.807, 2.05) is 36.1 Å². The number of piperazine rings is 1. The lowest BCUT2D eigenvalue weighted by atomic mass is 10.1. The number of halogens is 1. The zero-order valence-electron chi connectivity index (χ0n) is 16.2. The molecular formula is C22H28FN3O. The summed E-state index contributed by atoms with van der Waals surface area (Å²) in [5, 5.41) is 3.11. The van der Waals surface area contributed by atoms with Crippen LogP contribution in [0, 0.1) is 12.7 Å². The highest BCUT2D eigenvalue weighted by molar-refractivity contribution is 5.91. The third kappa shape index (κ3) is 5.07. The maximum absolute atomic E-state index is 13.0. The summed E-state index contributed by atoms with van der Waals surface area (Å²) < 4.78 is 13.0. The van der Waals surface area contributed by atoms with E-state index >= 15 is 0 Å². The van der Waals surface area contributed by atoms with Gasteiger partial charge in [0.15, 0.2) is 0 Å². The monoisotopic (exact) mass is 369 g/mol. The zero-order valence-corrected chi connectivity index (χ0v) is 16.2. The number of anilines is 1. The summed E-state index contributed by atoms with van der Waals surface area (Å²) in [5.74, 6) is -0.196. The summed E-state index contributed by atoms with van der Waals surface area (Å²) in [5.41, 5.74) is 4.36. The van der Waals surface area contributed by atoms with Gasteiger partial charge >= 0.3 is 6.03 Å².